The summed E-state index contributed by atoms with van der Waals surface area (Å²) in [5.41, 5.74) is 0.0757. The van der Waals surface area contributed by atoms with E-state index in [0.29, 0.717) is 0 Å². The van der Waals surface area contributed by atoms with Crippen molar-refractivity contribution in [1.82, 2.24) is 0 Å². The van der Waals surface area contributed by atoms with Crippen LogP contribution in [0.3, 0.4) is 0 Å². The average molecular weight is 237 g/mol. The van der Waals surface area contributed by atoms with Gasteiger partial charge in [-0.2, -0.15) is 13.2 Å². The summed E-state index contributed by atoms with van der Waals surface area (Å²) >= 11 is 5.81. The van der Waals surface area contributed by atoms with Crippen LogP contribution in [0.5, 0.6) is 0 Å². The molecule has 0 fully saturated rings. The summed E-state index contributed by atoms with van der Waals surface area (Å²) in [6.07, 6.45) is -3.47. The Labute approximate surface area is 92.1 Å². The lowest BCUT2D eigenvalue weighted by molar-refractivity contribution is -0.137. The zero-order valence-corrected chi connectivity index (χ0v) is 9.28. The lowest BCUT2D eigenvalue weighted by atomic mass is 9.97. The Bertz CT molecular complexity index is 344. The fourth-order valence-corrected chi connectivity index (χ4v) is 1.69. The number of halogens is 4. The normalized spacial score (nSPS) is 14.0. The molecule has 0 spiro atoms. The molecule has 0 aliphatic heterocycles. The molecule has 0 radical (unpaired) electrons. The van der Waals surface area contributed by atoms with Crippen molar-refractivity contribution in [1.29, 1.82) is 0 Å². The third-order valence-corrected chi connectivity index (χ3v) is 2.80. The van der Waals surface area contributed by atoms with Gasteiger partial charge in [0, 0.05) is 5.02 Å². The van der Waals surface area contributed by atoms with Gasteiger partial charge in [0.2, 0.25) is 0 Å². The largest absolute Gasteiger partial charge is 0.416 e. The first kappa shape index (κ1) is 12.4. The molecule has 1 aromatic carbocycles. The smallest absolute Gasteiger partial charge is 0.166 e. The summed E-state index contributed by atoms with van der Waals surface area (Å²) in [6, 6.07) is 3.52. The van der Waals surface area contributed by atoms with Crippen molar-refractivity contribution in [3.05, 3.63) is 34.3 Å². The molecule has 0 aromatic heterocycles. The van der Waals surface area contributed by atoms with Gasteiger partial charge in [0.25, 0.3) is 0 Å². The van der Waals surface area contributed by atoms with Crippen LogP contribution >= 0.6 is 11.6 Å². The summed E-state index contributed by atoms with van der Waals surface area (Å²) in [7, 11) is 0. The molecule has 0 amide bonds. The average Bonchev–Trinajstić information content (AvgIpc) is 2.15. The van der Waals surface area contributed by atoms with Gasteiger partial charge in [-0.05, 0) is 30.0 Å². The molecule has 0 nitrogen and oxygen atoms in total. The van der Waals surface area contributed by atoms with E-state index in [0.717, 1.165) is 24.1 Å². The van der Waals surface area contributed by atoms with Gasteiger partial charge in [0.15, 0.2) is 0 Å². The maximum absolute atomic E-state index is 12.3. The van der Waals surface area contributed by atoms with E-state index in [1.54, 1.807) is 0 Å². The van der Waals surface area contributed by atoms with Crippen molar-refractivity contribution >= 4 is 11.6 Å². The van der Waals surface area contributed by atoms with Crippen molar-refractivity contribution in [3.63, 3.8) is 0 Å². The van der Waals surface area contributed by atoms with Crippen LogP contribution in [0.4, 0.5) is 13.2 Å². The lowest BCUT2D eigenvalue weighted by Gasteiger charge is -2.13. The quantitative estimate of drug-likeness (QED) is 0.687. The van der Waals surface area contributed by atoms with Gasteiger partial charge in [-0.3, -0.25) is 0 Å². The van der Waals surface area contributed by atoms with E-state index in [1.807, 2.05) is 13.8 Å². The Morgan fingerprint density at radius 3 is 2.33 bits per heavy atom. The van der Waals surface area contributed by atoms with Gasteiger partial charge in [-0.25, -0.2) is 0 Å². The van der Waals surface area contributed by atoms with Crippen molar-refractivity contribution < 1.29 is 13.2 Å². The number of hydrogen-bond donors (Lipinski definition) is 0. The van der Waals surface area contributed by atoms with E-state index in [9.17, 15) is 13.2 Å². The van der Waals surface area contributed by atoms with Crippen molar-refractivity contribution in [2.75, 3.05) is 0 Å². The first-order valence-electron chi connectivity index (χ1n) is 4.73. The molecule has 1 rings (SSSR count). The van der Waals surface area contributed by atoms with Crippen LogP contribution < -0.4 is 0 Å². The number of benzene rings is 1. The fraction of sp³-hybridized carbons (Fsp3) is 0.455. The van der Waals surface area contributed by atoms with Crippen molar-refractivity contribution in [2.45, 2.75) is 32.4 Å². The van der Waals surface area contributed by atoms with Gasteiger partial charge in [0.05, 0.1) is 5.56 Å². The molecule has 0 aliphatic rings. The molecule has 0 heterocycles. The summed E-state index contributed by atoms with van der Waals surface area (Å²) in [4.78, 5) is 0. The van der Waals surface area contributed by atoms with Crippen molar-refractivity contribution in [3.8, 4) is 0 Å². The van der Waals surface area contributed by atoms with Gasteiger partial charge in [0.1, 0.15) is 0 Å². The summed E-state index contributed by atoms with van der Waals surface area (Å²) in [5.74, 6) is 0.180. The minimum atomic E-state index is -4.32. The minimum Gasteiger partial charge on any atom is -0.166 e. The fourth-order valence-electron chi connectivity index (χ4n) is 1.32. The standard InChI is InChI=1S/C11H12ClF3/c1-3-7(2)9-5-4-8(6-10(9)12)11(13,14)15/h4-7H,3H2,1-2H3. The molecule has 0 saturated carbocycles. The second kappa shape index (κ2) is 4.44. The molecule has 1 unspecified atom stereocenters. The highest BCUT2D eigenvalue weighted by molar-refractivity contribution is 6.31. The Morgan fingerprint density at radius 1 is 1.33 bits per heavy atom. The van der Waals surface area contributed by atoms with Crippen LogP contribution in [0.2, 0.25) is 5.02 Å². The molecule has 0 aliphatic carbocycles. The van der Waals surface area contributed by atoms with E-state index in [4.69, 9.17) is 11.6 Å². The van der Waals surface area contributed by atoms with E-state index >= 15 is 0 Å². The Balaban J connectivity index is 3.09. The maximum Gasteiger partial charge on any atom is 0.416 e. The van der Waals surface area contributed by atoms with Crippen LogP contribution in [0.1, 0.15) is 37.3 Å². The highest BCUT2D eigenvalue weighted by atomic mass is 35.5. The second-order valence-electron chi connectivity index (χ2n) is 3.54. The highest BCUT2D eigenvalue weighted by Gasteiger charge is 2.31. The van der Waals surface area contributed by atoms with Crippen LogP contribution in [0.25, 0.3) is 0 Å². The number of alkyl halides is 3. The highest BCUT2D eigenvalue weighted by Crippen LogP contribution is 2.34. The molecular weight excluding hydrogens is 225 g/mol. The number of rotatable bonds is 2. The van der Waals surface area contributed by atoms with E-state index < -0.39 is 11.7 Å². The minimum absolute atomic E-state index is 0.180. The first-order chi connectivity index (χ1) is 6.86. The third kappa shape index (κ3) is 2.88. The Morgan fingerprint density at radius 2 is 1.93 bits per heavy atom. The van der Waals surface area contributed by atoms with Crippen LogP contribution in [-0.4, -0.2) is 0 Å². The van der Waals surface area contributed by atoms with Gasteiger partial charge < -0.3 is 0 Å². The lowest BCUT2D eigenvalue weighted by Crippen LogP contribution is -2.05. The molecule has 84 valence electrons. The molecule has 1 atom stereocenters. The molecule has 15 heavy (non-hydrogen) atoms. The molecular formula is C11H12ClF3. The van der Waals surface area contributed by atoms with E-state index in [2.05, 4.69) is 0 Å². The summed E-state index contributed by atoms with van der Waals surface area (Å²) in [6.45, 7) is 3.91. The van der Waals surface area contributed by atoms with E-state index in [-0.39, 0.29) is 10.9 Å². The predicted octanol–water partition coefficient (Wildman–Crippen LogP) is 4.87. The van der Waals surface area contributed by atoms with Gasteiger partial charge in [-0.15, -0.1) is 0 Å². The topological polar surface area (TPSA) is 0 Å². The van der Waals surface area contributed by atoms with Gasteiger partial charge >= 0.3 is 6.18 Å². The zero-order chi connectivity index (χ0) is 11.6. The third-order valence-electron chi connectivity index (χ3n) is 2.47. The maximum atomic E-state index is 12.3. The monoisotopic (exact) mass is 236 g/mol. The molecule has 0 saturated heterocycles. The van der Waals surface area contributed by atoms with Crippen LogP contribution in [0.15, 0.2) is 18.2 Å². The van der Waals surface area contributed by atoms with Crippen LogP contribution in [-0.2, 0) is 6.18 Å². The van der Waals surface area contributed by atoms with Crippen LogP contribution in [0, 0.1) is 0 Å². The van der Waals surface area contributed by atoms with Crippen molar-refractivity contribution in [2.24, 2.45) is 0 Å². The van der Waals surface area contributed by atoms with E-state index in [1.165, 1.54) is 6.07 Å². The second-order valence-corrected chi connectivity index (χ2v) is 3.95. The Kier molecular flexibility index (Phi) is 3.66. The predicted molar refractivity (Wildman–Crippen MR) is 55.2 cm³/mol. The van der Waals surface area contributed by atoms with Gasteiger partial charge in [-0.1, -0.05) is 31.5 Å². The summed E-state index contributed by atoms with van der Waals surface area (Å²) in [5, 5.41) is 0.194. The number of hydrogen-bond acceptors (Lipinski definition) is 0. The first-order valence-corrected chi connectivity index (χ1v) is 5.10. The SMILES string of the molecule is CCC(C)c1ccc(C(F)(F)F)cc1Cl. The molecule has 1 aromatic rings. The molecule has 4 heteroatoms. The molecule has 0 bridgehead atoms. The summed E-state index contributed by atoms with van der Waals surface area (Å²) < 4.78 is 37.0. The Hall–Kier alpha value is -0.700. The zero-order valence-electron chi connectivity index (χ0n) is 8.53. The molecule has 0 N–H and O–H groups in total.